The van der Waals surface area contributed by atoms with Crippen LogP contribution in [-0.4, -0.2) is 30.6 Å². The predicted molar refractivity (Wildman–Crippen MR) is 112 cm³/mol. The van der Waals surface area contributed by atoms with Crippen LogP contribution in [0.25, 0.3) is 0 Å². The third-order valence-electron chi connectivity index (χ3n) is 4.47. The molecule has 1 atom stereocenters. The van der Waals surface area contributed by atoms with Crippen molar-refractivity contribution in [2.75, 3.05) is 13.6 Å². The molecular weight excluding hydrogens is 336 g/mol. The van der Waals surface area contributed by atoms with Crippen LogP contribution in [0.15, 0.2) is 41.5 Å². The lowest BCUT2D eigenvalue weighted by Crippen LogP contribution is -2.38. The molecule has 1 heterocycles. The number of hydrogen-bond acceptors (Lipinski definition) is 3. The Kier molecular flexibility index (Phi) is 8.11. The first-order chi connectivity index (χ1) is 13.0. The molecule has 146 valence electrons. The van der Waals surface area contributed by atoms with E-state index in [4.69, 9.17) is 4.74 Å². The molecule has 1 aromatic carbocycles. The number of nitrogens with zero attached hydrogens (tertiary/aromatic N) is 2. The second-order valence-electron chi connectivity index (χ2n) is 6.86. The third-order valence-corrected chi connectivity index (χ3v) is 4.47. The van der Waals surface area contributed by atoms with Crippen LogP contribution in [0.3, 0.4) is 0 Å². The number of nitrogens with one attached hydrogen (secondary N) is 2. The number of hydrogen-bond donors (Lipinski definition) is 2. The normalized spacial score (nSPS) is 12.6. The number of aromatic nitrogens is 1. The fraction of sp³-hybridized carbons (Fsp3) is 0.455. The highest BCUT2D eigenvalue weighted by atomic mass is 16.5. The van der Waals surface area contributed by atoms with Crippen LogP contribution < -0.4 is 15.4 Å². The number of aliphatic imine (C=N–C) groups is 1. The maximum Gasteiger partial charge on any atom is 0.191 e. The van der Waals surface area contributed by atoms with E-state index in [1.807, 2.05) is 19.2 Å². The second kappa shape index (κ2) is 10.6. The molecule has 0 aliphatic heterocycles. The van der Waals surface area contributed by atoms with Gasteiger partial charge in [0, 0.05) is 37.6 Å². The average molecular weight is 369 g/mol. The summed E-state index contributed by atoms with van der Waals surface area (Å²) in [5, 5.41) is 6.73. The van der Waals surface area contributed by atoms with Gasteiger partial charge < -0.3 is 15.4 Å². The minimum atomic E-state index is 0.200. The van der Waals surface area contributed by atoms with Gasteiger partial charge in [0.1, 0.15) is 5.75 Å². The van der Waals surface area contributed by atoms with Gasteiger partial charge in [0.05, 0.1) is 6.10 Å². The summed E-state index contributed by atoms with van der Waals surface area (Å²) in [7, 11) is 1.79. The Morgan fingerprint density at radius 1 is 1.19 bits per heavy atom. The molecule has 0 spiro atoms. The molecule has 0 aliphatic rings. The number of aryl methyl sites for hydroxylation is 2. The van der Waals surface area contributed by atoms with E-state index in [0.29, 0.717) is 6.54 Å². The van der Waals surface area contributed by atoms with Crippen LogP contribution in [0.2, 0.25) is 0 Å². The van der Waals surface area contributed by atoms with Crippen LogP contribution in [0, 0.1) is 13.8 Å². The molecule has 0 saturated carbocycles. The minimum Gasteiger partial charge on any atom is -0.490 e. The van der Waals surface area contributed by atoms with Crippen molar-refractivity contribution in [3.63, 3.8) is 0 Å². The zero-order valence-corrected chi connectivity index (χ0v) is 17.2. The lowest BCUT2D eigenvalue weighted by molar-refractivity contribution is 0.215. The average Bonchev–Trinajstić information content (AvgIpc) is 2.67. The molecule has 0 saturated heterocycles. The molecule has 2 aromatic rings. The molecule has 0 bridgehead atoms. The minimum absolute atomic E-state index is 0.200. The molecule has 2 rings (SSSR count). The molecule has 5 nitrogen and oxygen atoms in total. The van der Waals surface area contributed by atoms with Crippen molar-refractivity contribution in [1.82, 2.24) is 15.6 Å². The van der Waals surface area contributed by atoms with Gasteiger partial charge in [-0.2, -0.15) is 0 Å². The lowest BCUT2D eigenvalue weighted by Gasteiger charge is -2.18. The number of ether oxygens (including phenoxy) is 1. The van der Waals surface area contributed by atoms with Gasteiger partial charge in [-0.1, -0.05) is 25.1 Å². The van der Waals surface area contributed by atoms with Crippen molar-refractivity contribution < 1.29 is 4.74 Å². The second-order valence-corrected chi connectivity index (χ2v) is 6.86. The first-order valence-electron chi connectivity index (χ1n) is 9.64. The summed E-state index contributed by atoms with van der Waals surface area (Å²) in [6.45, 7) is 9.78. The van der Waals surface area contributed by atoms with E-state index in [1.54, 1.807) is 7.05 Å². The van der Waals surface area contributed by atoms with E-state index in [9.17, 15) is 0 Å². The van der Waals surface area contributed by atoms with Gasteiger partial charge in [-0.3, -0.25) is 9.98 Å². The zero-order valence-electron chi connectivity index (χ0n) is 17.2. The van der Waals surface area contributed by atoms with Crippen molar-refractivity contribution >= 4 is 5.96 Å². The highest BCUT2D eigenvalue weighted by Crippen LogP contribution is 2.22. The first kappa shape index (κ1) is 20.7. The fourth-order valence-corrected chi connectivity index (χ4v) is 2.59. The molecule has 5 heteroatoms. The molecule has 0 fully saturated rings. The molecule has 0 radical (unpaired) electrons. The monoisotopic (exact) mass is 368 g/mol. The lowest BCUT2D eigenvalue weighted by atomic mass is 10.1. The van der Waals surface area contributed by atoms with E-state index >= 15 is 0 Å². The highest BCUT2D eigenvalue weighted by molar-refractivity contribution is 5.79. The Morgan fingerprint density at radius 2 is 2.00 bits per heavy atom. The number of guanidine groups is 1. The molecule has 1 aromatic heterocycles. The van der Waals surface area contributed by atoms with Gasteiger partial charge in [0.25, 0.3) is 0 Å². The Labute approximate surface area is 163 Å². The Balaban J connectivity index is 1.89. The predicted octanol–water partition coefficient (Wildman–Crippen LogP) is 3.78. The first-order valence-corrected chi connectivity index (χ1v) is 9.64. The highest BCUT2D eigenvalue weighted by Gasteiger charge is 2.09. The molecule has 2 N–H and O–H groups in total. The Morgan fingerprint density at radius 3 is 2.67 bits per heavy atom. The van der Waals surface area contributed by atoms with E-state index in [-0.39, 0.29) is 6.10 Å². The van der Waals surface area contributed by atoms with Crippen LogP contribution in [0.1, 0.15) is 42.7 Å². The van der Waals surface area contributed by atoms with Crippen molar-refractivity contribution in [2.45, 2.75) is 53.2 Å². The zero-order chi connectivity index (χ0) is 19.6. The molecule has 0 aliphatic carbocycles. The molecule has 0 amide bonds. The maximum absolute atomic E-state index is 6.08. The van der Waals surface area contributed by atoms with Crippen molar-refractivity contribution in [1.29, 1.82) is 0 Å². The summed E-state index contributed by atoms with van der Waals surface area (Å²) in [5.41, 5.74) is 4.59. The van der Waals surface area contributed by atoms with E-state index < -0.39 is 0 Å². The topological polar surface area (TPSA) is 58.5 Å². The van der Waals surface area contributed by atoms with Gasteiger partial charge in [0.2, 0.25) is 0 Å². The SMILES string of the molecule is CCC(C)Oc1cc(C)ccc1CNC(=NC)NCCc1ccc(C)nc1. The summed E-state index contributed by atoms with van der Waals surface area (Å²) >= 11 is 0. The Bertz CT molecular complexity index is 740. The summed E-state index contributed by atoms with van der Waals surface area (Å²) in [6, 6.07) is 10.5. The van der Waals surface area contributed by atoms with E-state index in [2.05, 4.69) is 65.6 Å². The van der Waals surface area contributed by atoms with Gasteiger partial charge >= 0.3 is 0 Å². The van der Waals surface area contributed by atoms with Crippen molar-refractivity contribution in [3.8, 4) is 5.75 Å². The van der Waals surface area contributed by atoms with Crippen LogP contribution >= 0.6 is 0 Å². The summed E-state index contributed by atoms with van der Waals surface area (Å²) in [4.78, 5) is 8.64. The molecule has 27 heavy (non-hydrogen) atoms. The summed E-state index contributed by atoms with van der Waals surface area (Å²) in [6.07, 6.45) is 4.02. The van der Waals surface area contributed by atoms with Crippen molar-refractivity contribution in [2.24, 2.45) is 4.99 Å². The quantitative estimate of drug-likeness (QED) is 0.550. The van der Waals surface area contributed by atoms with E-state index in [0.717, 1.165) is 42.4 Å². The molecular formula is C22H32N4O. The van der Waals surface area contributed by atoms with Crippen LogP contribution in [0.5, 0.6) is 5.75 Å². The summed E-state index contributed by atoms with van der Waals surface area (Å²) < 4.78 is 6.08. The van der Waals surface area contributed by atoms with Crippen LogP contribution in [-0.2, 0) is 13.0 Å². The summed E-state index contributed by atoms with van der Waals surface area (Å²) in [5.74, 6) is 1.73. The Hall–Kier alpha value is -2.56. The van der Waals surface area contributed by atoms with Crippen molar-refractivity contribution in [3.05, 3.63) is 58.9 Å². The standard InChI is InChI=1S/C22H32N4O/c1-6-18(4)27-21-13-16(2)7-10-20(21)15-26-22(23-5)24-12-11-19-9-8-17(3)25-14-19/h7-10,13-14,18H,6,11-12,15H2,1-5H3,(H2,23,24,26). The number of pyridine rings is 1. The van der Waals surface area contributed by atoms with Gasteiger partial charge in [-0.15, -0.1) is 0 Å². The van der Waals surface area contributed by atoms with E-state index in [1.165, 1.54) is 11.1 Å². The number of benzene rings is 1. The number of rotatable bonds is 8. The maximum atomic E-state index is 6.08. The largest absolute Gasteiger partial charge is 0.490 e. The smallest absolute Gasteiger partial charge is 0.191 e. The van der Waals surface area contributed by atoms with Crippen LogP contribution in [0.4, 0.5) is 0 Å². The van der Waals surface area contributed by atoms with Gasteiger partial charge in [-0.05, 0) is 56.9 Å². The van der Waals surface area contributed by atoms with Gasteiger partial charge in [-0.25, -0.2) is 0 Å². The third kappa shape index (κ3) is 6.93. The fourth-order valence-electron chi connectivity index (χ4n) is 2.59. The van der Waals surface area contributed by atoms with Gasteiger partial charge in [0.15, 0.2) is 5.96 Å². The molecule has 1 unspecified atom stereocenters.